The van der Waals surface area contributed by atoms with Crippen LogP contribution in [0, 0.1) is 0 Å². The van der Waals surface area contributed by atoms with E-state index in [1.807, 2.05) is 36.4 Å². The highest BCUT2D eigenvalue weighted by Gasteiger charge is 2.34. The van der Waals surface area contributed by atoms with Crippen molar-refractivity contribution in [1.29, 1.82) is 0 Å². The standard InChI is InChI=1S/C21H25ClN4S/c1-14-12-21(2,3)26(4)19-11-18(22)15(10-17(14)19)13-23-25-20(27)24-16-8-6-5-7-9-16/h5-11,13-14H,12H2,1-4H3,(H2,24,25,27)/b23-13+. The first-order valence-electron chi connectivity index (χ1n) is 9.00. The van der Waals surface area contributed by atoms with E-state index in [1.54, 1.807) is 6.21 Å². The maximum absolute atomic E-state index is 6.52. The average Bonchev–Trinajstić information content (AvgIpc) is 2.61. The average molecular weight is 401 g/mol. The molecule has 2 N–H and O–H groups in total. The molecule has 0 spiro atoms. The molecular weight excluding hydrogens is 376 g/mol. The van der Waals surface area contributed by atoms with Crippen LogP contribution >= 0.6 is 23.8 Å². The number of anilines is 2. The molecule has 27 heavy (non-hydrogen) atoms. The quantitative estimate of drug-likeness (QED) is 0.412. The predicted octanol–water partition coefficient (Wildman–Crippen LogP) is 5.38. The van der Waals surface area contributed by atoms with Crippen LogP contribution in [-0.2, 0) is 0 Å². The largest absolute Gasteiger partial charge is 0.369 e. The van der Waals surface area contributed by atoms with Crippen LogP contribution < -0.4 is 15.6 Å². The predicted molar refractivity (Wildman–Crippen MR) is 120 cm³/mol. The van der Waals surface area contributed by atoms with Crippen LogP contribution in [0.1, 0.15) is 44.2 Å². The zero-order valence-corrected chi connectivity index (χ0v) is 17.7. The maximum Gasteiger partial charge on any atom is 0.191 e. The van der Waals surface area contributed by atoms with Crippen LogP contribution in [0.2, 0.25) is 5.02 Å². The van der Waals surface area contributed by atoms with Gasteiger partial charge in [0.05, 0.1) is 11.2 Å². The molecule has 1 aliphatic rings. The van der Waals surface area contributed by atoms with Crippen LogP contribution in [0.25, 0.3) is 0 Å². The Bertz CT molecular complexity index is 864. The summed E-state index contributed by atoms with van der Waals surface area (Å²) in [6, 6.07) is 13.9. The summed E-state index contributed by atoms with van der Waals surface area (Å²) in [7, 11) is 2.13. The molecule has 1 atom stereocenters. The van der Waals surface area contributed by atoms with Crippen molar-refractivity contribution < 1.29 is 0 Å². The number of fused-ring (bicyclic) bond motifs is 1. The SMILES string of the molecule is CC1CC(C)(C)N(C)c2cc(Cl)c(/C=N/NC(=S)Nc3ccccc3)cc21. The van der Waals surface area contributed by atoms with E-state index in [-0.39, 0.29) is 5.54 Å². The lowest BCUT2D eigenvalue weighted by atomic mass is 9.80. The molecule has 142 valence electrons. The van der Waals surface area contributed by atoms with Crippen molar-refractivity contribution in [3.8, 4) is 0 Å². The van der Waals surface area contributed by atoms with Crippen molar-refractivity contribution in [3.05, 3.63) is 58.6 Å². The van der Waals surface area contributed by atoms with Gasteiger partial charge in [-0.15, -0.1) is 0 Å². The molecule has 0 radical (unpaired) electrons. The molecule has 0 aliphatic carbocycles. The van der Waals surface area contributed by atoms with Gasteiger partial charge in [-0.2, -0.15) is 5.10 Å². The number of thiocarbonyl (C=S) groups is 1. The number of hydrazone groups is 1. The van der Waals surface area contributed by atoms with Gasteiger partial charge in [0.25, 0.3) is 0 Å². The smallest absolute Gasteiger partial charge is 0.191 e. The monoisotopic (exact) mass is 400 g/mol. The molecule has 0 bridgehead atoms. The lowest BCUT2D eigenvalue weighted by Gasteiger charge is -2.45. The normalized spacial score (nSPS) is 18.3. The van der Waals surface area contributed by atoms with Crippen molar-refractivity contribution in [1.82, 2.24) is 5.43 Å². The van der Waals surface area contributed by atoms with Crippen molar-refractivity contribution in [2.45, 2.75) is 38.6 Å². The molecule has 1 heterocycles. The lowest BCUT2D eigenvalue weighted by Crippen LogP contribution is -2.45. The van der Waals surface area contributed by atoms with E-state index in [9.17, 15) is 0 Å². The molecule has 0 amide bonds. The third kappa shape index (κ3) is 4.42. The van der Waals surface area contributed by atoms with Crippen LogP contribution in [0.15, 0.2) is 47.6 Å². The first kappa shape index (κ1) is 19.6. The van der Waals surface area contributed by atoms with Gasteiger partial charge in [-0.05, 0) is 68.2 Å². The minimum Gasteiger partial charge on any atom is -0.369 e. The lowest BCUT2D eigenvalue weighted by molar-refractivity contribution is 0.395. The summed E-state index contributed by atoms with van der Waals surface area (Å²) in [6.07, 6.45) is 2.81. The van der Waals surface area contributed by atoms with Gasteiger partial charge in [0.2, 0.25) is 0 Å². The molecular formula is C21H25ClN4S. The summed E-state index contributed by atoms with van der Waals surface area (Å²) in [6.45, 7) is 6.79. The number of benzene rings is 2. The van der Waals surface area contributed by atoms with E-state index >= 15 is 0 Å². The second-order valence-corrected chi connectivity index (χ2v) is 8.41. The zero-order valence-electron chi connectivity index (χ0n) is 16.1. The van der Waals surface area contributed by atoms with Gasteiger partial charge in [0.15, 0.2) is 5.11 Å². The maximum atomic E-state index is 6.52. The molecule has 2 aromatic carbocycles. The van der Waals surface area contributed by atoms with E-state index < -0.39 is 0 Å². The molecule has 4 nitrogen and oxygen atoms in total. The van der Waals surface area contributed by atoms with Crippen molar-refractivity contribution in [2.24, 2.45) is 5.10 Å². The molecule has 2 aromatic rings. The fourth-order valence-corrected chi connectivity index (χ4v) is 3.92. The molecule has 0 saturated heterocycles. The fourth-order valence-electron chi connectivity index (χ4n) is 3.54. The fraction of sp³-hybridized carbons (Fsp3) is 0.333. The summed E-state index contributed by atoms with van der Waals surface area (Å²) >= 11 is 11.8. The topological polar surface area (TPSA) is 39.7 Å². The molecule has 0 fully saturated rings. The summed E-state index contributed by atoms with van der Waals surface area (Å²) < 4.78 is 0. The number of rotatable bonds is 3. The highest BCUT2D eigenvalue weighted by molar-refractivity contribution is 7.80. The molecule has 0 aromatic heterocycles. The Morgan fingerprint density at radius 3 is 2.70 bits per heavy atom. The summed E-state index contributed by atoms with van der Waals surface area (Å²) in [5.41, 5.74) is 7.24. The minimum atomic E-state index is 0.113. The third-order valence-corrected chi connectivity index (χ3v) is 5.67. The number of hydrogen-bond donors (Lipinski definition) is 2. The second-order valence-electron chi connectivity index (χ2n) is 7.60. The van der Waals surface area contributed by atoms with Crippen LogP contribution in [-0.4, -0.2) is 23.9 Å². The van der Waals surface area contributed by atoms with E-state index in [0.29, 0.717) is 16.1 Å². The van der Waals surface area contributed by atoms with Gasteiger partial charge in [-0.25, -0.2) is 0 Å². The third-order valence-electron chi connectivity index (χ3n) is 5.15. The molecule has 3 rings (SSSR count). The Labute approximate surface area is 171 Å². The van der Waals surface area contributed by atoms with Gasteiger partial charge in [0, 0.05) is 29.5 Å². The van der Waals surface area contributed by atoms with Gasteiger partial charge in [-0.3, -0.25) is 5.43 Å². The van der Waals surface area contributed by atoms with Gasteiger partial charge in [0.1, 0.15) is 0 Å². The Balaban J connectivity index is 1.73. The molecule has 1 aliphatic heterocycles. The van der Waals surface area contributed by atoms with Crippen molar-refractivity contribution in [2.75, 3.05) is 17.3 Å². The second kappa shape index (κ2) is 7.87. The number of para-hydroxylation sites is 1. The van der Waals surface area contributed by atoms with Gasteiger partial charge >= 0.3 is 0 Å². The van der Waals surface area contributed by atoms with E-state index in [4.69, 9.17) is 23.8 Å². The summed E-state index contributed by atoms with van der Waals surface area (Å²) in [5, 5.41) is 8.44. The Hall–Kier alpha value is -2.11. The molecule has 6 heteroatoms. The minimum absolute atomic E-state index is 0.113. The first-order chi connectivity index (χ1) is 12.8. The van der Waals surface area contributed by atoms with Crippen LogP contribution in [0.5, 0.6) is 0 Å². The Kier molecular flexibility index (Phi) is 5.72. The molecule has 0 saturated carbocycles. The van der Waals surface area contributed by atoms with Gasteiger partial charge < -0.3 is 10.2 Å². The van der Waals surface area contributed by atoms with E-state index in [0.717, 1.165) is 17.7 Å². The Morgan fingerprint density at radius 1 is 1.30 bits per heavy atom. The van der Waals surface area contributed by atoms with E-state index in [1.165, 1.54) is 11.3 Å². The van der Waals surface area contributed by atoms with Crippen LogP contribution in [0.3, 0.4) is 0 Å². The van der Waals surface area contributed by atoms with Gasteiger partial charge in [-0.1, -0.05) is 36.7 Å². The summed E-state index contributed by atoms with van der Waals surface area (Å²) in [5.74, 6) is 0.462. The number of nitrogens with one attached hydrogen (secondary N) is 2. The Morgan fingerprint density at radius 2 is 2.00 bits per heavy atom. The van der Waals surface area contributed by atoms with E-state index in [2.05, 4.69) is 54.6 Å². The number of nitrogens with zero attached hydrogens (tertiary/aromatic N) is 2. The summed E-state index contributed by atoms with van der Waals surface area (Å²) in [4.78, 5) is 2.31. The zero-order chi connectivity index (χ0) is 19.6. The number of hydrogen-bond acceptors (Lipinski definition) is 3. The number of halogens is 1. The highest BCUT2D eigenvalue weighted by Crippen LogP contribution is 2.44. The van der Waals surface area contributed by atoms with Crippen molar-refractivity contribution >= 4 is 46.5 Å². The first-order valence-corrected chi connectivity index (χ1v) is 9.79. The molecule has 1 unspecified atom stereocenters. The highest BCUT2D eigenvalue weighted by atomic mass is 35.5. The van der Waals surface area contributed by atoms with Crippen molar-refractivity contribution in [3.63, 3.8) is 0 Å². The van der Waals surface area contributed by atoms with Crippen LogP contribution in [0.4, 0.5) is 11.4 Å².